The van der Waals surface area contributed by atoms with E-state index in [1.54, 1.807) is 12.1 Å². The van der Waals surface area contributed by atoms with E-state index in [-0.39, 0.29) is 23.9 Å². The highest BCUT2D eigenvalue weighted by Gasteiger charge is 2.42. The van der Waals surface area contributed by atoms with Gasteiger partial charge in [0.05, 0.1) is 16.0 Å². The lowest BCUT2D eigenvalue weighted by Gasteiger charge is -2.36. The Kier molecular flexibility index (Phi) is 7.15. The van der Waals surface area contributed by atoms with Gasteiger partial charge in [0.15, 0.2) is 23.1 Å². The summed E-state index contributed by atoms with van der Waals surface area (Å²) in [5, 5.41) is 10.9. The Labute approximate surface area is 222 Å². The molecule has 37 heavy (non-hydrogen) atoms. The summed E-state index contributed by atoms with van der Waals surface area (Å²) in [5.41, 5.74) is 2.70. The van der Waals surface area contributed by atoms with Crippen LogP contribution in [0.5, 0.6) is 11.5 Å². The van der Waals surface area contributed by atoms with E-state index in [1.807, 2.05) is 19.1 Å². The summed E-state index contributed by atoms with van der Waals surface area (Å²) in [6, 6.07) is 9.88. The number of ether oxygens (including phenoxy) is 3. The number of non-ortho nitro benzene ring substituents is 1. The first kappa shape index (κ1) is 25.2. The molecule has 0 bridgehead atoms. The lowest BCUT2D eigenvalue weighted by atomic mass is 9.73. The van der Waals surface area contributed by atoms with Crippen molar-refractivity contribution in [3.05, 3.63) is 84.8 Å². The van der Waals surface area contributed by atoms with E-state index in [0.29, 0.717) is 70.9 Å². The van der Waals surface area contributed by atoms with Crippen molar-refractivity contribution in [1.82, 2.24) is 0 Å². The first-order chi connectivity index (χ1) is 17.9. The summed E-state index contributed by atoms with van der Waals surface area (Å²) >= 11 is 3.62. The predicted octanol–water partition coefficient (Wildman–Crippen LogP) is 6.46. The van der Waals surface area contributed by atoms with Crippen LogP contribution in [-0.2, 0) is 20.9 Å². The number of nitro groups is 1. The Balaban J connectivity index is 1.52. The van der Waals surface area contributed by atoms with Crippen molar-refractivity contribution < 1.29 is 28.7 Å². The second kappa shape index (κ2) is 10.5. The van der Waals surface area contributed by atoms with Gasteiger partial charge in [0.1, 0.15) is 18.1 Å². The van der Waals surface area contributed by atoms with Gasteiger partial charge < -0.3 is 14.2 Å². The number of hydrogen-bond donors (Lipinski definition) is 0. The van der Waals surface area contributed by atoms with Crippen LogP contribution in [0.1, 0.15) is 62.5 Å². The molecule has 0 fully saturated rings. The van der Waals surface area contributed by atoms with Crippen molar-refractivity contribution in [2.24, 2.45) is 0 Å². The summed E-state index contributed by atoms with van der Waals surface area (Å²) in [7, 11) is 0. The summed E-state index contributed by atoms with van der Waals surface area (Å²) < 4.78 is 18.8. The molecule has 3 aliphatic rings. The summed E-state index contributed by atoms with van der Waals surface area (Å²) in [6.45, 7) is 2.43. The third-order valence-corrected chi connectivity index (χ3v) is 7.43. The van der Waals surface area contributed by atoms with Gasteiger partial charge in [-0.15, -0.1) is 0 Å². The number of halogens is 1. The highest BCUT2D eigenvalue weighted by molar-refractivity contribution is 9.10. The quantitative estimate of drug-likeness (QED) is 0.279. The molecule has 0 radical (unpaired) electrons. The molecule has 0 amide bonds. The second-order valence-corrected chi connectivity index (χ2v) is 10.1. The van der Waals surface area contributed by atoms with Gasteiger partial charge in [-0.3, -0.25) is 19.7 Å². The van der Waals surface area contributed by atoms with Gasteiger partial charge in [-0.05, 0) is 71.1 Å². The number of allylic oxidation sites excluding steroid dienone is 4. The van der Waals surface area contributed by atoms with Gasteiger partial charge >= 0.3 is 0 Å². The maximum atomic E-state index is 13.1. The van der Waals surface area contributed by atoms with Crippen LogP contribution in [0.4, 0.5) is 5.69 Å². The summed E-state index contributed by atoms with van der Waals surface area (Å²) in [4.78, 5) is 36.7. The van der Waals surface area contributed by atoms with E-state index in [4.69, 9.17) is 14.2 Å². The van der Waals surface area contributed by atoms with Crippen LogP contribution < -0.4 is 9.47 Å². The lowest BCUT2D eigenvalue weighted by Crippen LogP contribution is -2.30. The Hall–Kier alpha value is -3.46. The normalized spacial score (nSPS) is 17.8. The third kappa shape index (κ3) is 4.92. The molecular formula is C28H26BrNO7. The maximum Gasteiger partial charge on any atom is 0.269 e. The molecule has 0 aromatic heterocycles. The van der Waals surface area contributed by atoms with Crippen molar-refractivity contribution in [2.45, 2.75) is 58.0 Å². The van der Waals surface area contributed by atoms with Crippen LogP contribution in [-0.4, -0.2) is 23.1 Å². The minimum Gasteiger partial charge on any atom is -0.490 e. The number of nitro benzene ring substituents is 1. The largest absolute Gasteiger partial charge is 0.490 e. The van der Waals surface area contributed by atoms with E-state index in [9.17, 15) is 19.7 Å². The van der Waals surface area contributed by atoms with Crippen molar-refractivity contribution in [1.29, 1.82) is 0 Å². The Morgan fingerprint density at radius 3 is 2.16 bits per heavy atom. The van der Waals surface area contributed by atoms with Gasteiger partial charge in [0.25, 0.3) is 5.69 Å². The van der Waals surface area contributed by atoms with Crippen molar-refractivity contribution in [3.8, 4) is 11.5 Å². The number of ketones is 2. The molecule has 0 spiro atoms. The van der Waals surface area contributed by atoms with Crippen LogP contribution in [0.15, 0.2) is 63.5 Å². The number of carbonyl (C=O) groups is 2. The minimum absolute atomic E-state index is 0.0117. The average molecular weight is 568 g/mol. The standard InChI is InChI=1S/C28H26BrNO7/c1-2-35-24-14-17(13-19(29)28(24)36-15-16-9-11-18(12-10-16)30(33)34)25-26-20(31)5-3-7-22(26)37-23-8-4-6-21(32)27(23)25/h9-14,25H,2-8,15H2,1H3. The monoisotopic (exact) mass is 567 g/mol. The first-order valence-corrected chi connectivity index (χ1v) is 13.2. The number of benzene rings is 2. The molecule has 2 aromatic carbocycles. The van der Waals surface area contributed by atoms with E-state index in [1.165, 1.54) is 12.1 Å². The van der Waals surface area contributed by atoms with Crippen molar-refractivity contribution in [3.63, 3.8) is 0 Å². The highest BCUT2D eigenvalue weighted by Crippen LogP contribution is 2.50. The molecular weight excluding hydrogens is 542 g/mol. The molecule has 0 unspecified atom stereocenters. The first-order valence-electron chi connectivity index (χ1n) is 12.4. The highest BCUT2D eigenvalue weighted by atomic mass is 79.9. The number of nitrogens with zero attached hydrogens (tertiary/aromatic N) is 1. The van der Waals surface area contributed by atoms with Crippen molar-refractivity contribution >= 4 is 33.2 Å². The number of hydrogen-bond acceptors (Lipinski definition) is 7. The number of rotatable bonds is 7. The van der Waals surface area contributed by atoms with Crippen LogP contribution >= 0.6 is 15.9 Å². The van der Waals surface area contributed by atoms with E-state index in [0.717, 1.165) is 24.0 Å². The summed E-state index contributed by atoms with van der Waals surface area (Å²) in [5.74, 6) is 1.86. The molecule has 192 valence electrons. The van der Waals surface area contributed by atoms with Gasteiger partial charge in [-0.1, -0.05) is 0 Å². The average Bonchev–Trinajstić information content (AvgIpc) is 2.87. The number of Topliss-reactive ketones (excluding diaryl/α,β-unsaturated/α-hetero) is 2. The molecule has 1 aliphatic heterocycles. The van der Waals surface area contributed by atoms with Crippen LogP contribution in [0.25, 0.3) is 0 Å². The van der Waals surface area contributed by atoms with Gasteiger partial charge in [-0.25, -0.2) is 0 Å². The minimum atomic E-state index is -0.501. The molecule has 2 aliphatic carbocycles. The van der Waals surface area contributed by atoms with Gasteiger partial charge in [0, 0.05) is 54.9 Å². The zero-order valence-corrected chi connectivity index (χ0v) is 22.0. The van der Waals surface area contributed by atoms with Crippen LogP contribution in [0.3, 0.4) is 0 Å². The molecule has 1 heterocycles. The van der Waals surface area contributed by atoms with E-state index >= 15 is 0 Å². The second-order valence-electron chi connectivity index (χ2n) is 9.24. The molecule has 0 saturated heterocycles. The molecule has 5 rings (SSSR count). The summed E-state index contributed by atoms with van der Waals surface area (Å²) in [6.07, 6.45) is 3.71. The van der Waals surface area contributed by atoms with Gasteiger partial charge in [0.2, 0.25) is 0 Å². The molecule has 2 aromatic rings. The zero-order valence-electron chi connectivity index (χ0n) is 20.4. The van der Waals surface area contributed by atoms with E-state index in [2.05, 4.69) is 15.9 Å². The zero-order chi connectivity index (χ0) is 26.1. The molecule has 0 atom stereocenters. The Morgan fingerprint density at radius 1 is 0.973 bits per heavy atom. The third-order valence-electron chi connectivity index (χ3n) is 6.84. The smallest absolute Gasteiger partial charge is 0.269 e. The van der Waals surface area contributed by atoms with Crippen molar-refractivity contribution in [2.75, 3.05) is 6.61 Å². The van der Waals surface area contributed by atoms with E-state index < -0.39 is 10.8 Å². The molecule has 9 heteroatoms. The topological polar surface area (TPSA) is 105 Å². The molecule has 0 N–H and O–H groups in total. The van der Waals surface area contributed by atoms with Gasteiger partial charge in [-0.2, -0.15) is 0 Å². The Bertz CT molecular complexity index is 1300. The molecule has 0 saturated carbocycles. The SMILES string of the molecule is CCOc1cc(C2C3=C(CCCC3=O)OC3=C2C(=O)CCC3)cc(Br)c1OCc1ccc([N+](=O)[O-])cc1. The maximum absolute atomic E-state index is 13.1. The predicted molar refractivity (Wildman–Crippen MR) is 138 cm³/mol. The Morgan fingerprint density at radius 2 is 1.59 bits per heavy atom. The fourth-order valence-corrected chi connectivity index (χ4v) is 5.75. The fraction of sp³-hybridized carbons (Fsp3) is 0.357. The fourth-order valence-electron chi connectivity index (χ4n) is 5.18. The number of carbonyl (C=O) groups excluding carboxylic acids is 2. The van der Waals surface area contributed by atoms with Crippen LogP contribution in [0, 0.1) is 10.1 Å². The van der Waals surface area contributed by atoms with Crippen LogP contribution in [0.2, 0.25) is 0 Å². The lowest BCUT2D eigenvalue weighted by molar-refractivity contribution is -0.384. The molecule has 8 nitrogen and oxygen atoms in total.